The Balaban J connectivity index is 2.99. The number of allylic oxidation sites excluding steroid dienone is 1. The van der Waals surface area contributed by atoms with Gasteiger partial charge < -0.3 is 5.73 Å². The summed E-state index contributed by atoms with van der Waals surface area (Å²) in [4.78, 5) is 10.9. The zero-order valence-corrected chi connectivity index (χ0v) is 7.09. The highest BCUT2D eigenvalue weighted by Crippen LogP contribution is 2.16. The monoisotopic (exact) mass is 179 g/mol. The molecule has 2 nitrogen and oxygen atoms in total. The second kappa shape index (κ2) is 3.85. The van der Waals surface area contributed by atoms with Crippen LogP contribution in [0.1, 0.15) is 5.56 Å². The Morgan fingerprint density at radius 1 is 1.62 bits per heavy atom. The van der Waals surface area contributed by atoms with Gasteiger partial charge in [0.2, 0.25) is 0 Å². The minimum absolute atomic E-state index is 0.0258. The molecule has 2 N–H and O–H groups in total. The van der Waals surface area contributed by atoms with Crippen LogP contribution in [0.3, 0.4) is 0 Å². The van der Waals surface area contributed by atoms with Gasteiger partial charge in [-0.05, 0) is 18.2 Å². The maximum atomic E-state index is 13.1. The molecule has 0 fully saturated rings. The third-order valence-electron chi connectivity index (χ3n) is 1.73. The van der Waals surface area contributed by atoms with Gasteiger partial charge in [0.25, 0.3) is 0 Å². The lowest BCUT2D eigenvalue weighted by molar-refractivity contribution is -0.114. The number of ketones is 1. The lowest BCUT2D eigenvalue weighted by Gasteiger charge is -2.03. The lowest BCUT2D eigenvalue weighted by Crippen LogP contribution is -2.04. The maximum Gasteiger partial charge on any atom is 0.159 e. The highest BCUT2D eigenvalue weighted by molar-refractivity contribution is 5.91. The van der Waals surface area contributed by atoms with Crippen LogP contribution < -0.4 is 5.73 Å². The largest absolute Gasteiger partial charge is 0.398 e. The van der Waals surface area contributed by atoms with E-state index in [0.29, 0.717) is 5.69 Å². The van der Waals surface area contributed by atoms with Crippen LogP contribution in [0.2, 0.25) is 0 Å². The van der Waals surface area contributed by atoms with E-state index in [9.17, 15) is 9.18 Å². The van der Waals surface area contributed by atoms with Crippen LogP contribution in [0.4, 0.5) is 10.1 Å². The zero-order chi connectivity index (χ0) is 9.84. The van der Waals surface area contributed by atoms with E-state index < -0.39 is 5.82 Å². The van der Waals surface area contributed by atoms with E-state index in [1.807, 2.05) is 0 Å². The summed E-state index contributed by atoms with van der Waals surface area (Å²) in [5.74, 6) is -0.688. The minimum Gasteiger partial charge on any atom is -0.398 e. The van der Waals surface area contributed by atoms with Crippen molar-refractivity contribution in [3.63, 3.8) is 0 Å². The van der Waals surface area contributed by atoms with E-state index in [1.54, 1.807) is 6.07 Å². The quantitative estimate of drug-likeness (QED) is 0.567. The Kier molecular flexibility index (Phi) is 2.80. The van der Waals surface area contributed by atoms with Crippen molar-refractivity contribution in [2.75, 3.05) is 5.73 Å². The van der Waals surface area contributed by atoms with Gasteiger partial charge in [0.15, 0.2) is 5.78 Å². The number of nitrogens with two attached hydrogens (primary N) is 1. The number of carbonyl (C=O) groups excluding carboxylic acids is 1. The van der Waals surface area contributed by atoms with Crippen molar-refractivity contribution in [1.29, 1.82) is 0 Å². The first-order chi connectivity index (χ1) is 6.15. The van der Waals surface area contributed by atoms with Crippen molar-refractivity contribution >= 4 is 11.5 Å². The van der Waals surface area contributed by atoms with E-state index in [4.69, 9.17) is 5.73 Å². The van der Waals surface area contributed by atoms with Gasteiger partial charge in [-0.25, -0.2) is 4.39 Å². The minimum atomic E-state index is -0.449. The lowest BCUT2D eigenvalue weighted by atomic mass is 10.1. The molecule has 0 aromatic heterocycles. The maximum absolute atomic E-state index is 13.1. The molecule has 3 heteroatoms. The van der Waals surface area contributed by atoms with Crippen molar-refractivity contribution in [2.24, 2.45) is 0 Å². The molecule has 0 aliphatic heterocycles. The SMILES string of the molecule is C=CC(=O)Cc1c(N)cccc1F. The molecule has 0 bridgehead atoms. The summed E-state index contributed by atoms with van der Waals surface area (Å²) in [6, 6.07) is 4.35. The van der Waals surface area contributed by atoms with Crippen molar-refractivity contribution < 1.29 is 9.18 Å². The van der Waals surface area contributed by atoms with Gasteiger partial charge >= 0.3 is 0 Å². The molecule has 13 heavy (non-hydrogen) atoms. The van der Waals surface area contributed by atoms with E-state index >= 15 is 0 Å². The molecule has 0 saturated carbocycles. The summed E-state index contributed by atoms with van der Waals surface area (Å²) >= 11 is 0. The van der Waals surface area contributed by atoms with Gasteiger partial charge in [-0.15, -0.1) is 0 Å². The van der Waals surface area contributed by atoms with Gasteiger partial charge in [0, 0.05) is 17.7 Å². The van der Waals surface area contributed by atoms with Gasteiger partial charge in [0.1, 0.15) is 5.82 Å². The Morgan fingerprint density at radius 3 is 2.85 bits per heavy atom. The molecule has 68 valence electrons. The Bertz CT molecular complexity index is 327. The van der Waals surface area contributed by atoms with Gasteiger partial charge in [-0.2, -0.15) is 0 Å². The fourth-order valence-corrected chi connectivity index (χ4v) is 1.01. The molecular weight excluding hydrogens is 169 g/mol. The standard InChI is InChI=1S/C10H10FNO/c1-2-7(13)6-8-9(11)4-3-5-10(8)12/h2-5H,1,6,12H2. The summed E-state index contributed by atoms with van der Waals surface area (Å²) in [6.07, 6.45) is 1.13. The zero-order valence-electron chi connectivity index (χ0n) is 7.09. The highest BCUT2D eigenvalue weighted by Gasteiger charge is 2.08. The number of carbonyl (C=O) groups is 1. The third kappa shape index (κ3) is 2.15. The molecule has 0 atom stereocenters. The number of hydrogen-bond acceptors (Lipinski definition) is 2. The summed E-state index contributed by atoms with van der Waals surface area (Å²) in [5, 5.41) is 0. The Hall–Kier alpha value is -1.64. The molecule has 0 unspecified atom stereocenters. The van der Waals surface area contributed by atoms with E-state index in [1.165, 1.54) is 12.1 Å². The fourth-order valence-electron chi connectivity index (χ4n) is 1.01. The van der Waals surface area contributed by atoms with E-state index in [-0.39, 0.29) is 17.8 Å². The van der Waals surface area contributed by atoms with Crippen molar-refractivity contribution in [1.82, 2.24) is 0 Å². The van der Waals surface area contributed by atoms with Crippen LogP contribution in [0.15, 0.2) is 30.9 Å². The Labute approximate surface area is 75.9 Å². The normalized spacial score (nSPS) is 9.62. The number of benzene rings is 1. The highest BCUT2D eigenvalue weighted by atomic mass is 19.1. The summed E-state index contributed by atoms with van der Waals surface area (Å²) in [6.45, 7) is 3.30. The van der Waals surface area contributed by atoms with Gasteiger partial charge in [-0.3, -0.25) is 4.79 Å². The third-order valence-corrected chi connectivity index (χ3v) is 1.73. The Morgan fingerprint density at radius 2 is 2.31 bits per heavy atom. The van der Waals surface area contributed by atoms with Crippen molar-refractivity contribution in [2.45, 2.75) is 6.42 Å². The molecule has 0 aliphatic rings. The molecule has 1 rings (SSSR count). The number of hydrogen-bond donors (Lipinski definition) is 1. The molecule has 0 amide bonds. The summed E-state index contributed by atoms with van der Waals surface area (Å²) in [5.41, 5.74) is 6.04. The van der Waals surface area contributed by atoms with Gasteiger partial charge in [-0.1, -0.05) is 12.6 Å². The van der Waals surface area contributed by atoms with E-state index in [2.05, 4.69) is 6.58 Å². The second-order valence-electron chi connectivity index (χ2n) is 2.65. The van der Waals surface area contributed by atoms with Crippen LogP contribution in [0.5, 0.6) is 0 Å². The predicted octanol–water partition coefficient (Wildman–Crippen LogP) is 1.71. The first kappa shape index (κ1) is 9.45. The molecule has 1 aromatic rings. The molecule has 0 saturated heterocycles. The number of halogens is 1. The average Bonchev–Trinajstić information content (AvgIpc) is 2.11. The van der Waals surface area contributed by atoms with Crippen LogP contribution in [0.25, 0.3) is 0 Å². The first-order valence-electron chi connectivity index (χ1n) is 3.83. The molecular formula is C10H10FNO. The van der Waals surface area contributed by atoms with Crippen LogP contribution >= 0.6 is 0 Å². The molecule has 0 spiro atoms. The number of anilines is 1. The van der Waals surface area contributed by atoms with Crippen LogP contribution in [-0.2, 0) is 11.2 Å². The van der Waals surface area contributed by atoms with Crippen molar-refractivity contribution in [3.05, 3.63) is 42.2 Å². The molecule has 1 aromatic carbocycles. The van der Waals surface area contributed by atoms with Crippen LogP contribution in [-0.4, -0.2) is 5.78 Å². The van der Waals surface area contributed by atoms with Gasteiger partial charge in [0.05, 0.1) is 0 Å². The topological polar surface area (TPSA) is 43.1 Å². The predicted molar refractivity (Wildman–Crippen MR) is 49.7 cm³/mol. The first-order valence-corrected chi connectivity index (χ1v) is 3.83. The average molecular weight is 179 g/mol. The van der Waals surface area contributed by atoms with E-state index in [0.717, 1.165) is 6.08 Å². The summed E-state index contributed by atoms with van der Waals surface area (Å²) < 4.78 is 13.1. The number of nitrogen functional groups attached to an aromatic ring is 1. The number of rotatable bonds is 3. The molecule has 0 heterocycles. The smallest absolute Gasteiger partial charge is 0.159 e. The molecule has 0 aliphatic carbocycles. The van der Waals surface area contributed by atoms with Crippen molar-refractivity contribution in [3.8, 4) is 0 Å². The fraction of sp³-hybridized carbons (Fsp3) is 0.100. The van der Waals surface area contributed by atoms with Crippen LogP contribution in [0, 0.1) is 5.82 Å². The molecule has 0 radical (unpaired) electrons. The summed E-state index contributed by atoms with van der Waals surface area (Å²) in [7, 11) is 0. The second-order valence-corrected chi connectivity index (χ2v) is 2.65.